The molecule has 0 aromatic rings. The maximum Gasteiger partial charge on any atom is 0.279 e. The molecule has 5 heteroatoms. The quantitative estimate of drug-likeness (QED) is 0.668. The van der Waals surface area contributed by atoms with E-state index >= 15 is 0 Å². The number of unbranched alkanes of at least 4 members (excludes halogenated alkanes) is 1. The Morgan fingerprint density at radius 2 is 1.72 bits per heavy atom. The van der Waals surface area contributed by atoms with E-state index in [2.05, 4.69) is 25.5 Å². The molecule has 18 heavy (non-hydrogen) atoms. The van der Waals surface area contributed by atoms with E-state index in [1.165, 1.54) is 4.31 Å². The van der Waals surface area contributed by atoms with Crippen molar-refractivity contribution in [1.29, 1.82) is 0 Å². The van der Waals surface area contributed by atoms with E-state index in [1.807, 2.05) is 6.92 Å². The Hall–Kier alpha value is -0.130. The second-order valence-electron chi connectivity index (χ2n) is 5.52. The van der Waals surface area contributed by atoms with Crippen LogP contribution in [0.3, 0.4) is 0 Å². The molecule has 0 saturated carbocycles. The molecule has 0 saturated heterocycles. The van der Waals surface area contributed by atoms with Gasteiger partial charge in [0.2, 0.25) is 0 Å². The Bertz CT molecular complexity index is 302. The Morgan fingerprint density at radius 3 is 2.22 bits per heavy atom. The first kappa shape index (κ1) is 17.9. The Labute approximate surface area is 113 Å². The minimum absolute atomic E-state index is 0.0119. The van der Waals surface area contributed by atoms with Crippen molar-refractivity contribution in [3.8, 4) is 0 Å². The van der Waals surface area contributed by atoms with Gasteiger partial charge in [-0.25, -0.2) is 0 Å². The molecule has 0 heterocycles. The molecule has 0 radical (unpaired) electrons. The van der Waals surface area contributed by atoms with Crippen LogP contribution in [0.4, 0.5) is 0 Å². The van der Waals surface area contributed by atoms with Gasteiger partial charge in [0.1, 0.15) is 0 Å². The van der Waals surface area contributed by atoms with Gasteiger partial charge in [-0.1, -0.05) is 40.0 Å². The standard InChI is InChI=1S/C13H30N2O2S/c1-6-7-11-15(5)18(16,17)14-13(4)10-8-9-12(2)3/h12-14H,6-11H2,1-5H3. The first-order valence-electron chi connectivity index (χ1n) is 7.03. The number of rotatable bonds is 10. The van der Waals surface area contributed by atoms with Crippen LogP contribution in [0.15, 0.2) is 0 Å². The highest BCUT2D eigenvalue weighted by Gasteiger charge is 2.19. The van der Waals surface area contributed by atoms with E-state index in [1.54, 1.807) is 7.05 Å². The normalized spacial score (nSPS) is 14.4. The summed E-state index contributed by atoms with van der Waals surface area (Å²) in [6.07, 6.45) is 5.03. The summed E-state index contributed by atoms with van der Waals surface area (Å²) in [6, 6.07) is 0.0119. The highest BCUT2D eigenvalue weighted by atomic mass is 32.2. The highest BCUT2D eigenvalue weighted by molar-refractivity contribution is 7.87. The van der Waals surface area contributed by atoms with Gasteiger partial charge in [-0.3, -0.25) is 0 Å². The van der Waals surface area contributed by atoms with Crippen LogP contribution in [-0.2, 0) is 10.2 Å². The monoisotopic (exact) mass is 278 g/mol. The van der Waals surface area contributed by atoms with Crippen molar-refractivity contribution in [2.45, 2.75) is 65.8 Å². The minimum atomic E-state index is -3.30. The van der Waals surface area contributed by atoms with Crippen molar-refractivity contribution in [1.82, 2.24) is 9.03 Å². The Kier molecular flexibility index (Phi) is 8.82. The summed E-state index contributed by atoms with van der Waals surface area (Å²) < 4.78 is 28.1. The van der Waals surface area contributed by atoms with E-state index in [0.717, 1.165) is 32.1 Å². The fraction of sp³-hybridized carbons (Fsp3) is 1.00. The molecule has 0 fully saturated rings. The van der Waals surface area contributed by atoms with E-state index in [4.69, 9.17) is 0 Å². The van der Waals surface area contributed by atoms with Crippen molar-refractivity contribution in [2.24, 2.45) is 5.92 Å². The maximum atomic E-state index is 12.0. The fourth-order valence-corrected chi connectivity index (χ4v) is 2.91. The van der Waals surface area contributed by atoms with Crippen molar-refractivity contribution in [2.75, 3.05) is 13.6 Å². The fourth-order valence-electron chi connectivity index (χ4n) is 1.74. The van der Waals surface area contributed by atoms with Gasteiger partial charge in [0, 0.05) is 19.6 Å². The first-order chi connectivity index (χ1) is 8.29. The van der Waals surface area contributed by atoms with Crippen LogP contribution in [0.2, 0.25) is 0 Å². The molecule has 0 aromatic heterocycles. The lowest BCUT2D eigenvalue weighted by molar-refractivity contribution is 0.431. The minimum Gasteiger partial charge on any atom is -0.199 e. The molecule has 0 rings (SSSR count). The third-order valence-electron chi connectivity index (χ3n) is 3.01. The zero-order chi connectivity index (χ0) is 14.2. The zero-order valence-corrected chi connectivity index (χ0v) is 13.4. The van der Waals surface area contributed by atoms with E-state index in [9.17, 15) is 8.42 Å². The topological polar surface area (TPSA) is 49.4 Å². The van der Waals surface area contributed by atoms with Gasteiger partial charge in [0.05, 0.1) is 0 Å². The van der Waals surface area contributed by atoms with Gasteiger partial charge in [-0.05, 0) is 25.7 Å². The highest BCUT2D eigenvalue weighted by Crippen LogP contribution is 2.09. The molecule has 110 valence electrons. The summed E-state index contributed by atoms with van der Waals surface area (Å²) in [6.45, 7) is 8.96. The first-order valence-corrected chi connectivity index (χ1v) is 8.47. The van der Waals surface area contributed by atoms with E-state index in [0.29, 0.717) is 12.5 Å². The molecule has 0 bridgehead atoms. The van der Waals surface area contributed by atoms with Gasteiger partial charge in [-0.15, -0.1) is 0 Å². The summed E-state index contributed by atoms with van der Waals surface area (Å²) in [4.78, 5) is 0. The van der Waals surface area contributed by atoms with Crippen LogP contribution >= 0.6 is 0 Å². The van der Waals surface area contributed by atoms with Gasteiger partial charge < -0.3 is 0 Å². The molecular formula is C13H30N2O2S. The van der Waals surface area contributed by atoms with Crippen LogP contribution in [0.5, 0.6) is 0 Å². The van der Waals surface area contributed by atoms with Crippen molar-refractivity contribution in [3.63, 3.8) is 0 Å². The molecule has 0 amide bonds. The predicted molar refractivity (Wildman–Crippen MR) is 77.7 cm³/mol. The third kappa shape index (κ3) is 8.06. The van der Waals surface area contributed by atoms with Crippen LogP contribution in [-0.4, -0.2) is 32.4 Å². The van der Waals surface area contributed by atoms with Gasteiger partial charge in [0.15, 0.2) is 0 Å². The van der Waals surface area contributed by atoms with Crippen LogP contribution in [0.25, 0.3) is 0 Å². The van der Waals surface area contributed by atoms with Crippen LogP contribution < -0.4 is 4.72 Å². The Morgan fingerprint density at radius 1 is 1.11 bits per heavy atom. The predicted octanol–water partition coefficient (Wildman–Crippen LogP) is 2.77. The molecule has 1 atom stereocenters. The smallest absolute Gasteiger partial charge is 0.199 e. The van der Waals surface area contributed by atoms with E-state index in [-0.39, 0.29) is 6.04 Å². The zero-order valence-electron chi connectivity index (χ0n) is 12.6. The van der Waals surface area contributed by atoms with Crippen LogP contribution in [0, 0.1) is 5.92 Å². The van der Waals surface area contributed by atoms with Gasteiger partial charge >= 0.3 is 0 Å². The van der Waals surface area contributed by atoms with Crippen molar-refractivity contribution < 1.29 is 8.42 Å². The van der Waals surface area contributed by atoms with E-state index < -0.39 is 10.2 Å². The summed E-state index contributed by atoms with van der Waals surface area (Å²) in [5, 5.41) is 0. The maximum absolute atomic E-state index is 12.0. The molecule has 0 aromatic carbocycles. The lowest BCUT2D eigenvalue weighted by atomic mass is 10.0. The van der Waals surface area contributed by atoms with Crippen molar-refractivity contribution in [3.05, 3.63) is 0 Å². The largest absolute Gasteiger partial charge is 0.279 e. The Balaban J connectivity index is 4.06. The summed E-state index contributed by atoms with van der Waals surface area (Å²) in [5.74, 6) is 0.682. The molecule has 0 aliphatic heterocycles. The summed E-state index contributed by atoms with van der Waals surface area (Å²) in [7, 11) is -1.66. The number of hydrogen-bond acceptors (Lipinski definition) is 2. The van der Waals surface area contributed by atoms with Gasteiger partial charge in [-0.2, -0.15) is 17.4 Å². The summed E-state index contributed by atoms with van der Waals surface area (Å²) >= 11 is 0. The van der Waals surface area contributed by atoms with Crippen molar-refractivity contribution >= 4 is 10.2 Å². The average Bonchev–Trinajstić information content (AvgIpc) is 2.24. The summed E-state index contributed by atoms with van der Waals surface area (Å²) in [5.41, 5.74) is 0. The number of nitrogens with zero attached hydrogens (tertiary/aromatic N) is 1. The van der Waals surface area contributed by atoms with Crippen LogP contribution in [0.1, 0.15) is 59.8 Å². The molecular weight excluding hydrogens is 248 g/mol. The second kappa shape index (κ2) is 8.88. The molecule has 4 nitrogen and oxygen atoms in total. The molecule has 1 N–H and O–H groups in total. The number of nitrogens with one attached hydrogen (secondary N) is 1. The molecule has 0 aliphatic rings. The van der Waals surface area contributed by atoms with Gasteiger partial charge in [0.25, 0.3) is 10.2 Å². The average molecular weight is 278 g/mol. The molecule has 0 spiro atoms. The SMILES string of the molecule is CCCCN(C)S(=O)(=O)NC(C)CCCC(C)C. The molecule has 0 aliphatic carbocycles. The number of hydrogen-bond donors (Lipinski definition) is 1. The second-order valence-corrected chi connectivity index (χ2v) is 7.33. The lowest BCUT2D eigenvalue weighted by Gasteiger charge is -2.21. The molecule has 1 unspecified atom stereocenters. The third-order valence-corrected chi connectivity index (χ3v) is 4.71. The lowest BCUT2D eigenvalue weighted by Crippen LogP contribution is -2.42.